The van der Waals surface area contributed by atoms with E-state index in [0.29, 0.717) is 6.54 Å². The second kappa shape index (κ2) is 6.88. The van der Waals surface area contributed by atoms with Gasteiger partial charge in [-0.15, -0.1) is 0 Å². The van der Waals surface area contributed by atoms with Crippen molar-refractivity contribution in [2.45, 2.75) is 26.4 Å². The Labute approximate surface area is 118 Å². The molecule has 0 atom stereocenters. The first kappa shape index (κ1) is 14.3. The van der Waals surface area contributed by atoms with Crippen molar-refractivity contribution in [1.29, 1.82) is 5.26 Å². The van der Waals surface area contributed by atoms with Gasteiger partial charge in [0, 0.05) is 25.5 Å². The summed E-state index contributed by atoms with van der Waals surface area (Å²) in [4.78, 5) is 0. The van der Waals surface area contributed by atoms with Crippen molar-refractivity contribution in [2.24, 2.45) is 0 Å². The monoisotopic (exact) mass is 271 g/mol. The molecule has 104 valence electrons. The van der Waals surface area contributed by atoms with Crippen LogP contribution >= 0.6 is 0 Å². The Morgan fingerprint density at radius 2 is 2.15 bits per heavy atom. The number of benzene rings is 1. The summed E-state index contributed by atoms with van der Waals surface area (Å²) in [7, 11) is 0. The molecule has 2 aromatic rings. The Hall–Kier alpha value is -2.12. The Balaban J connectivity index is 2.01. The maximum absolute atomic E-state index is 13.2. The van der Waals surface area contributed by atoms with E-state index in [9.17, 15) is 4.39 Å². The van der Waals surface area contributed by atoms with E-state index in [1.165, 1.54) is 11.6 Å². The molecule has 0 aliphatic rings. The van der Waals surface area contributed by atoms with Crippen LogP contribution in [0.25, 0.3) is 0 Å². The number of rotatable bonds is 6. The normalized spacial score (nSPS) is 10.4. The zero-order chi connectivity index (χ0) is 14.4. The van der Waals surface area contributed by atoms with Crippen LogP contribution in [-0.2, 0) is 13.1 Å². The molecule has 0 aliphatic carbocycles. The van der Waals surface area contributed by atoms with Crippen LogP contribution in [0, 0.1) is 17.1 Å². The van der Waals surface area contributed by atoms with Gasteiger partial charge in [-0.1, -0.05) is 13.0 Å². The van der Waals surface area contributed by atoms with Crippen molar-refractivity contribution in [3.05, 3.63) is 59.2 Å². The van der Waals surface area contributed by atoms with Gasteiger partial charge in [0.05, 0.1) is 5.56 Å². The van der Waals surface area contributed by atoms with Gasteiger partial charge < -0.3 is 9.88 Å². The molecule has 1 N–H and O–H groups in total. The van der Waals surface area contributed by atoms with E-state index in [0.717, 1.165) is 25.1 Å². The summed E-state index contributed by atoms with van der Waals surface area (Å²) < 4.78 is 15.3. The third kappa shape index (κ3) is 3.69. The first-order chi connectivity index (χ1) is 9.72. The van der Waals surface area contributed by atoms with Crippen LogP contribution in [0.2, 0.25) is 0 Å². The van der Waals surface area contributed by atoms with Crippen molar-refractivity contribution >= 4 is 0 Å². The molecule has 2 rings (SSSR count). The quantitative estimate of drug-likeness (QED) is 0.820. The zero-order valence-corrected chi connectivity index (χ0v) is 11.6. The second-order valence-electron chi connectivity index (χ2n) is 4.79. The first-order valence-corrected chi connectivity index (χ1v) is 6.77. The summed E-state index contributed by atoms with van der Waals surface area (Å²) in [5, 5.41) is 12.2. The van der Waals surface area contributed by atoms with Gasteiger partial charge in [0.2, 0.25) is 0 Å². The summed E-state index contributed by atoms with van der Waals surface area (Å²) in [6.45, 7) is 4.64. The van der Waals surface area contributed by atoms with Crippen LogP contribution in [0.1, 0.15) is 30.0 Å². The molecule has 1 aromatic heterocycles. The summed E-state index contributed by atoms with van der Waals surface area (Å²) in [6, 6.07) is 8.60. The molecule has 0 spiro atoms. The lowest BCUT2D eigenvalue weighted by Crippen LogP contribution is -2.13. The number of hydrogen-bond donors (Lipinski definition) is 1. The molecule has 4 heteroatoms. The highest BCUT2D eigenvalue weighted by Gasteiger charge is 2.04. The SMILES string of the molecule is CCCNCc1ccn(Cc2ccc(F)c(C#N)c2)c1. The van der Waals surface area contributed by atoms with Crippen molar-refractivity contribution in [3.63, 3.8) is 0 Å². The lowest BCUT2D eigenvalue weighted by molar-refractivity contribution is 0.622. The van der Waals surface area contributed by atoms with Gasteiger partial charge in [-0.3, -0.25) is 0 Å². The van der Waals surface area contributed by atoms with Crippen LogP contribution in [0.5, 0.6) is 0 Å². The van der Waals surface area contributed by atoms with Crippen LogP contribution in [-0.4, -0.2) is 11.1 Å². The highest BCUT2D eigenvalue weighted by Crippen LogP contribution is 2.12. The predicted octanol–water partition coefficient (Wildman–Crippen LogP) is 3.05. The minimum atomic E-state index is -0.465. The minimum absolute atomic E-state index is 0.0968. The van der Waals surface area contributed by atoms with Crippen LogP contribution < -0.4 is 5.32 Å². The highest BCUT2D eigenvalue weighted by molar-refractivity contribution is 5.34. The number of hydrogen-bond acceptors (Lipinski definition) is 2. The predicted molar refractivity (Wildman–Crippen MR) is 76.6 cm³/mol. The Bertz CT molecular complexity index is 610. The fourth-order valence-electron chi connectivity index (χ4n) is 2.07. The Kier molecular flexibility index (Phi) is 4.91. The van der Waals surface area contributed by atoms with Crippen LogP contribution in [0.4, 0.5) is 4.39 Å². The van der Waals surface area contributed by atoms with Gasteiger partial charge in [0.25, 0.3) is 0 Å². The van der Waals surface area contributed by atoms with Gasteiger partial charge >= 0.3 is 0 Å². The lowest BCUT2D eigenvalue weighted by atomic mass is 10.1. The third-order valence-electron chi connectivity index (χ3n) is 3.08. The van der Waals surface area contributed by atoms with E-state index >= 15 is 0 Å². The van der Waals surface area contributed by atoms with E-state index in [1.807, 2.05) is 16.8 Å². The molecule has 1 heterocycles. The van der Waals surface area contributed by atoms with Crippen molar-refractivity contribution in [1.82, 2.24) is 9.88 Å². The molecule has 0 fully saturated rings. The molecule has 0 saturated carbocycles. The molecular weight excluding hydrogens is 253 g/mol. The lowest BCUT2D eigenvalue weighted by Gasteiger charge is -2.04. The number of nitriles is 1. The average Bonchev–Trinajstić information content (AvgIpc) is 2.89. The van der Waals surface area contributed by atoms with Crippen LogP contribution in [0.15, 0.2) is 36.7 Å². The summed E-state index contributed by atoms with van der Waals surface area (Å²) in [6.07, 6.45) is 5.18. The van der Waals surface area contributed by atoms with E-state index in [2.05, 4.69) is 24.5 Å². The topological polar surface area (TPSA) is 40.8 Å². The maximum atomic E-state index is 13.2. The molecule has 0 saturated heterocycles. The van der Waals surface area contributed by atoms with E-state index in [-0.39, 0.29) is 5.56 Å². The molecule has 0 amide bonds. The fraction of sp³-hybridized carbons (Fsp3) is 0.312. The second-order valence-corrected chi connectivity index (χ2v) is 4.79. The first-order valence-electron chi connectivity index (χ1n) is 6.77. The van der Waals surface area contributed by atoms with Gasteiger partial charge in [-0.05, 0) is 42.3 Å². The van der Waals surface area contributed by atoms with E-state index in [1.54, 1.807) is 12.1 Å². The van der Waals surface area contributed by atoms with E-state index in [4.69, 9.17) is 5.26 Å². The number of nitrogens with zero attached hydrogens (tertiary/aromatic N) is 2. The average molecular weight is 271 g/mol. The highest BCUT2D eigenvalue weighted by atomic mass is 19.1. The maximum Gasteiger partial charge on any atom is 0.140 e. The van der Waals surface area contributed by atoms with Gasteiger partial charge in [-0.25, -0.2) is 4.39 Å². The molecule has 0 aliphatic heterocycles. The number of halogens is 1. The van der Waals surface area contributed by atoms with Crippen molar-refractivity contribution < 1.29 is 4.39 Å². The smallest absolute Gasteiger partial charge is 0.140 e. The van der Waals surface area contributed by atoms with Crippen molar-refractivity contribution in [2.75, 3.05) is 6.54 Å². The summed E-state index contributed by atoms with van der Waals surface area (Å²) in [5.41, 5.74) is 2.24. The summed E-state index contributed by atoms with van der Waals surface area (Å²) in [5.74, 6) is -0.465. The molecular formula is C16H18FN3. The van der Waals surface area contributed by atoms with E-state index < -0.39 is 5.82 Å². The molecule has 0 bridgehead atoms. The van der Waals surface area contributed by atoms with Gasteiger partial charge in [-0.2, -0.15) is 5.26 Å². The molecule has 0 radical (unpaired) electrons. The standard InChI is InChI=1S/C16H18FN3/c1-2-6-19-10-14-5-7-20(12-14)11-13-3-4-16(17)15(8-13)9-18/h3-5,7-8,12,19H,2,6,10-11H2,1H3. The largest absolute Gasteiger partial charge is 0.350 e. The van der Waals surface area contributed by atoms with Crippen LogP contribution in [0.3, 0.4) is 0 Å². The molecule has 20 heavy (non-hydrogen) atoms. The minimum Gasteiger partial charge on any atom is -0.350 e. The summed E-state index contributed by atoms with van der Waals surface area (Å²) >= 11 is 0. The fourth-order valence-corrected chi connectivity index (χ4v) is 2.07. The number of aromatic nitrogens is 1. The zero-order valence-electron chi connectivity index (χ0n) is 11.6. The Morgan fingerprint density at radius 1 is 1.30 bits per heavy atom. The third-order valence-corrected chi connectivity index (χ3v) is 3.08. The van der Waals surface area contributed by atoms with Crippen molar-refractivity contribution in [3.8, 4) is 6.07 Å². The molecule has 0 unspecified atom stereocenters. The molecule has 3 nitrogen and oxygen atoms in total. The Morgan fingerprint density at radius 3 is 2.90 bits per heavy atom. The number of nitrogens with one attached hydrogen (secondary N) is 1. The molecule has 1 aromatic carbocycles. The van der Waals surface area contributed by atoms with Gasteiger partial charge in [0.15, 0.2) is 0 Å². The van der Waals surface area contributed by atoms with Gasteiger partial charge in [0.1, 0.15) is 11.9 Å².